The van der Waals surface area contributed by atoms with Crippen molar-refractivity contribution in [3.05, 3.63) is 34.9 Å². The van der Waals surface area contributed by atoms with Gasteiger partial charge in [0.1, 0.15) is 6.54 Å². The monoisotopic (exact) mass is 340 g/mol. The molecule has 0 fully saturated rings. The predicted molar refractivity (Wildman–Crippen MR) is 94.0 cm³/mol. The molecule has 1 rings (SSSR count). The number of ether oxygens (including phenoxy) is 1. The molecule has 128 valence electrons. The highest BCUT2D eigenvalue weighted by Crippen LogP contribution is 2.09. The van der Waals surface area contributed by atoms with Crippen molar-refractivity contribution in [1.29, 1.82) is 0 Å². The Labute approximate surface area is 142 Å². The summed E-state index contributed by atoms with van der Waals surface area (Å²) in [5.41, 5.74) is 1.19. The number of nitrogens with zero attached hydrogens (tertiary/aromatic N) is 1. The fraction of sp³-hybridized carbons (Fsp3) is 0.500. The topological polar surface area (TPSA) is 74.8 Å². The lowest BCUT2D eigenvalue weighted by Crippen LogP contribution is -2.39. The second-order valence-electron chi connectivity index (χ2n) is 4.84. The Balaban J connectivity index is 2.36. The molecule has 0 bridgehead atoms. The number of guanidine groups is 1. The zero-order valence-corrected chi connectivity index (χ0v) is 14.4. The lowest BCUT2D eigenvalue weighted by molar-refractivity contribution is -0.119. The van der Waals surface area contributed by atoms with Crippen molar-refractivity contribution < 1.29 is 9.53 Å². The van der Waals surface area contributed by atoms with E-state index in [4.69, 9.17) is 16.3 Å². The largest absolute Gasteiger partial charge is 0.383 e. The average Bonchev–Trinajstić information content (AvgIpc) is 2.54. The summed E-state index contributed by atoms with van der Waals surface area (Å²) in [5.74, 6) is 0.500. The van der Waals surface area contributed by atoms with E-state index in [1.807, 2.05) is 31.2 Å². The zero-order valence-electron chi connectivity index (χ0n) is 13.7. The van der Waals surface area contributed by atoms with Crippen molar-refractivity contribution in [2.24, 2.45) is 4.99 Å². The van der Waals surface area contributed by atoms with E-state index in [1.54, 1.807) is 7.11 Å². The van der Waals surface area contributed by atoms with Crippen LogP contribution in [0, 0.1) is 0 Å². The molecule has 6 nitrogen and oxygen atoms in total. The quantitative estimate of drug-likeness (QED) is 0.359. The van der Waals surface area contributed by atoms with Gasteiger partial charge in [0, 0.05) is 31.8 Å². The van der Waals surface area contributed by atoms with Crippen LogP contribution >= 0.6 is 11.6 Å². The number of amides is 1. The van der Waals surface area contributed by atoms with E-state index < -0.39 is 0 Å². The summed E-state index contributed by atoms with van der Waals surface area (Å²) in [6, 6.07) is 7.75. The van der Waals surface area contributed by atoms with Crippen molar-refractivity contribution in [3.63, 3.8) is 0 Å². The lowest BCUT2D eigenvalue weighted by atomic mass is 10.1. The van der Waals surface area contributed by atoms with Gasteiger partial charge < -0.3 is 20.7 Å². The number of halogens is 1. The Kier molecular flexibility index (Phi) is 9.83. The third-order valence-electron chi connectivity index (χ3n) is 2.97. The minimum atomic E-state index is -0.128. The predicted octanol–water partition coefficient (Wildman–Crippen LogP) is 1.20. The van der Waals surface area contributed by atoms with E-state index in [0.29, 0.717) is 19.1 Å². The van der Waals surface area contributed by atoms with Crippen molar-refractivity contribution >= 4 is 23.5 Å². The van der Waals surface area contributed by atoms with Crippen molar-refractivity contribution in [2.75, 3.05) is 39.9 Å². The van der Waals surface area contributed by atoms with Crippen LogP contribution in [-0.2, 0) is 16.0 Å². The average molecular weight is 341 g/mol. The van der Waals surface area contributed by atoms with Crippen molar-refractivity contribution in [3.8, 4) is 0 Å². The highest BCUT2D eigenvalue weighted by molar-refractivity contribution is 6.30. The van der Waals surface area contributed by atoms with E-state index in [9.17, 15) is 4.79 Å². The van der Waals surface area contributed by atoms with Gasteiger partial charge in [0.2, 0.25) is 5.91 Å². The van der Waals surface area contributed by atoms with Gasteiger partial charge in [0.05, 0.1) is 6.61 Å². The molecule has 7 heteroatoms. The van der Waals surface area contributed by atoms with E-state index in [-0.39, 0.29) is 12.5 Å². The smallest absolute Gasteiger partial charge is 0.241 e. The number of nitrogens with one attached hydrogen (secondary N) is 3. The minimum Gasteiger partial charge on any atom is -0.383 e. The van der Waals surface area contributed by atoms with Crippen LogP contribution in [0.5, 0.6) is 0 Å². The second kappa shape index (κ2) is 11.7. The van der Waals surface area contributed by atoms with Gasteiger partial charge in [-0.2, -0.15) is 0 Å². The minimum absolute atomic E-state index is 0.0833. The number of carbonyl (C=O) groups excluding carboxylic acids is 1. The van der Waals surface area contributed by atoms with Crippen LogP contribution < -0.4 is 16.0 Å². The normalized spacial score (nSPS) is 11.2. The molecule has 1 aromatic carbocycles. The van der Waals surface area contributed by atoms with Gasteiger partial charge in [-0.15, -0.1) is 0 Å². The molecule has 0 aliphatic heterocycles. The lowest BCUT2D eigenvalue weighted by Gasteiger charge is -2.11. The first-order valence-electron chi connectivity index (χ1n) is 7.68. The van der Waals surface area contributed by atoms with Crippen molar-refractivity contribution in [1.82, 2.24) is 16.0 Å². The molecule has 23 heavy (non-hydrogen) atoms. The van der Waals surface area contributed by atoms with Gasteiger partial charge in [-0.05, 0) is 31.0 Å². The Hall–Kier alpha value is -1.79. The van der Waals surface area contributed by atoms with E-state index in [2.05, 4.69) is 20.9 Å². The Morgan fingerprint density at radius 1 is 1.17 bits per heavy atom. The number of aliphatic imine (C=N–C) groups is 1. The molecule has 0 saturated carbocycles. The maximum atomic E-state index is 11.6. The molecular weight excluding hydrogens is 316 g/mol. The van der Waals surface area contributed by atoms with E-state index >= 15 is 0 Å². The van der Waals surface area contributed by atoms with Crippen molar-refractivity contribution in [2.45, 2.75) is 13.3 Å². The molecule has 0 heterocycles. The highest BCUT2D eigenvalue weighted by atomic mass is 35.5. The number of methoxy groups -OCH3 is 1. The summed E-state index contributed by atoms with van der Waals surface area (Å²) in [5, 5.41) is 9.78. The van der Waals surface area contributed by atoms with E-state index in [1.165, 1.54) is 5.56 Å². The fourth-order valence-corrected chi connectivity index (χ4v) is 1.94. The number of rotatable bonds is 9. The highest BCUT2D eigenvalue weighted by Gasteiger charge is 2.02. The molecule has 0 aliphatic rings. The molecule has 0 radical (unpaired) electrons. The van der Waals surface area contributed by atoms with Gasteiger partial charge in [-0.25, -0.2) is 4.99 Å². The molecule has 0 spiro atoms. The van der Waals surface area contributed by atoms with Gasteiger partial charge in [0.15, 0.2) is 5.96 Å². The number of carbonyl (C=O) groups is 1. The van der Waals surface area contributed by atoms with Crippen LogP contribution in [-0.4, -0.2) is 51.8 Å². The maximum Gasteiger partial charge on any atom is 0.241 e. The molecule has 3 N–H and O–H groups in total. The number of benzene rings is 1. The van der Waals surface area contributed by atoms with Crippen LogP contribution in [0.15, 0.2) is 29.3 Å². The van der Waals surface area contributed by atoms with Gasteiger partial charge in [0.25, 0.3) is 0 Å². The molecule has 1 aromatic rings. The summed E-state index contributed by atoms with van der Waals surface area (Å²) in [6.45, 7) is 4.51. The molecule has 1 amide bonds. The molecule has 0 atom stereocenters. The summed E-state index contributed by atoms with van der Waals surface area (Å²) in [6.07, 6.45) is 0.849. The second-order valence-corrected chi connectivity index (χ2v) is 5.28. The molecule has 0 unspecified atom stereocenters. The first kappa shape index (κ1) is 19.3. The molecule has 0 aromatic heterocycles. The molecular formula is C16H25ClN4O2. The van der Waals surface area contributed by atoms with Gasteiger partial charge in [-0.3, -0.25) is 4.79 Å². The third kappa shape index (κ3) is 9.05. The van der Waals surface area contributed by atoms with Crippen LogP contribution in [0.25, 0.3) is 0 Å². The third-order valence-corrected chi connectivity index (χ3v) is 3.22. The Morgan fingerprint density at radius 3 is 2.57 bits per heavy atom. The first-order valence-corrected chi connectivity index (χ1v) is 8.05. The summed E-state index contributed by atoms with van der Waals surface area (Å²) in [4.78, 5) is 15.9. The summed E-state index contributed by atoms with van der Waals surface area (Å²) < 4.78 is 4.88. The van der Waals surface area contributed by atoms with Crippen LogP contribution in [0.2, 0.25) is 5.02 Å². The van der Waals surface area contributed by atoms with Crippen LogP contribution in [0.4, 0.5) is 0 Å². The SMILES string of the molecule is CCNC(=NCC(=O)NCCOC)NCCc1ccc(Cl)cc1. The molecule has 0 saturated heterocycles. The zero-order chi connectivity index (χ0) is 16.9. The number of hydrogen-bond donors (Lipinski definition) is 3. The standard InChI is InChI=1S/C16H25ClN4O2/c1-3-18-16(21-12-15(22)19-10-11-23-2)20-9-8-13-4-6-14(17)7-5-13/h4-7H,3,8-12H2,1-2H3,(H,19,22)(H2,18,20,21). The summed E-state index contributed by atoms with van der Waals surface area (Å²) >= 11 is 5.86. The number of hydrogen-bond acceptors (Lipinski definition) is 3. The fourth-order valence-electron chi connectivity index (χ4n) is 1.82. The van der Waals surface area contributed by atoms with Gasteiger partial charge >= 0.3 is 0 Å². The molecule has 0 aliphatic carbocycles. The summed E-state index contributed by atoms with van der Waals surface area (Å²) in [7, 11) is 1.60. The van der Waals surface area contributed by atoms with E-state index in [0.717, 1.165) is 24.5 Å². The maximum absolute atomic E-state index is 11.6. The first-order chi connectivity index (χ1) is 11.2. The Morgan fingerprint density at radius 2 is 1.91 bits per heavy atom. The van der Waals surface area contributed by atoms with Crippen LogP contribution in [0.1, 0.15) is 12.5 Å². The van der Waals surface area contributed by atoms with Crippen LogP contribution in [0.3, 0.4) is 0 Å². The van der Waals surface area contributed by atoms with Gasteiger partial charge in [-0.1, -0.05) is 23.7 Å². The Bertz CT molecular complexity index is 491.